The van der Waals surface area contributed by atoms with Crippen molar-refractivity contribution < 1.29 is 42.1 Å². The zero-order valence-electron chi connectivity index (χ0n) is 42.9. The first-order valence-corrected chi connectivity index (χ1v) is 27.8. The Labute approximate surface area is 405 Å². The Kier molecular flexibility index (Phi) is 45.3. The fraction of sp³-hybridized carbons (Fsp3) is 0.714. The lowest BCUT2D eigenvalue weighted by Gasteiger charge is -2.24. The predicted octanol–water partition coefficient (Wildman–Crippen LogP) is 15.9. The molecule has 0 saturated carbocycles. The Bertz CT molecular complexity index is 1390. The van der Waals surface area contributed by atoms with Crippen LogP contribution in [0.3, 0.4) is 0 Å². The van der Waals surface area contributed by atoms with Crippen LogP contribution in [0.25, 0.3) is 0 Å². The number of phosphoric acid groups is 1. The van der Waals surface area contributed by atoms with Gasteiger partial charge in [-0.2, -0.15) is 0 Å². The fourth-order valence-corrected chi connectivity index (χ4v) is 7.52. The van der Waals surface area contributed by atoms with Crippen molar-refractivity contribution in [3.63, 3.8) is 0 Å². The quantitative estimate of drug-likeness (QED) is 0.0211. The molecule has 380 valence electrons. The second-order valence-electron chi connectivity index (χ2n) is 18.5. The summed E-state index contributed by atoms with van der Waals surface area (Å²) in [6.07, 6.45) is 62.4. The summed E-state index contributed by atoms with van der Waals surface area (Å²) in [5, 5.41) is 0. The van der Waals surface area contributed by atoms with Crippen LogP contribution >= 0.6 is 7.82 Å². The van der Waals surface area contributed by atoms with Crippen molar-refractivity contribution in [3.8, 4) is 0 Å². The highest BCUT2D eigenvalue weighted by molar-refractivity contribution is 7.47. The van der Waals surface area contributed by atoms with Gasteiger partial charge >= 0.3 is 19.8 Å². The number of allylic oxidation sites excluding steroid dienone is 14. The number of unbranched alkanes of at least 4 members (excludes halogenated alkanes) is 19. The van der Waals surface area contributed by atoms with Crippen LogP contribution in [0.4, 0.5) is 0 Å². The molecule has 9 nitrogen and oxygen atoms in total. The number of rotatable bonds is 47. The SMILES string of the molecule is CCCCC/C=C/C/C=C/C/C=C/C/C=C/C/C=C/CCC(=O)OC[C@H](COP(=O)(O)OCC[N+](C)(C)C)OC(=O)CCC/C=C/CC/C=C/CCCCCCCCCCCCCCCC. The number of quaternary nitrogens is 1. The number of likely N-dealkylation sites (N-methyl/N-ethyl adjacent to an activating group) is 1. The molecule has 0 aliphatic carbocycles. The van der Waals surface area contributed by atoms with Gasteiger partial charge in [-0.3, -0.25) is 18.6 Å². The van der Waals surface area contributed by atoms with E-state index in [0.717, 1.165) is 51.4 Å². The molecule has 1 unspecified atom stereocenters. The Hall–Kier alpha value is -2.81. The van der Waals surface area contributed by atoms with E-state index in [9.17, 15) is 19.0 Å². The number of hydrogen-bond donors (Lipinski definition) is 1. The summed E-state index contributed by atoms with van der Waals surface area (Å²) in [7, 11) is 1.41. The van der Waals surface area contributed by atoms with E-state index in [4.69, 9.17) is 18.5 Å². The number of carbonyl (C=O) groups excluding carboxylic acids is 2. The topological polar surface area (TPSA) is 108 Å². The lowest BCUT2D eigenvalue weighted by molar-refractivity contribution is -0.870. The van der Waals surface area contributed by atoms with Crippen LogP contribution in [0.5, 0.6) is 0 Å². The maximum Gasteiger partial charge on any atom is 0.472 e. The number of nitrogens with zero attached hydrogens (tertiary/aromatic N) is 1. The van der Waals surface area contributed by atoms with Crippen molar-refractivity contribution >= 4 is 19.8 Å². The third-order valence-corrected chi connectivity index (χ3v) is 11.9. The Morgan fingerprint density at radius 1 is 0.470 bits per heavy atom. The molecule has 66 heavy (non-hydrogen) atoms. The average Bonchev–Trinajstić information content (AvgIpc) is 3.27. The summed E-state index contributed by atoms with van der Waals surface area (Å²) < 4.78 is 34.3. The molecule has 0 rings (SSSR count). The zero-order valence-corrected chi connectivity index (χ0v) is 43.8. The van der Waals surface area contributed by atoms with Gasteiger partial charge in [0.2, 0.25) is 0 Å². The van der Waals surface area contributed by atoms with Crippen molar-refractivity contribution in [2.75, 3.05) is 47.5 Å². The first kappa shape index (κ1) is 63.2. The van der Waals surface area contributed by atoms with E-state index in [-0.39, 0.29) is 26.1 Å². The molecule has 0 fully saturated rings. The van der Waals surface area contributed by atoms with Gasteiger partial charge in [-0.05, 0) is 83.5 Å². The first-order chi connectivity index (χ1) is 32.0. The Morgan fingerprint density at radius 2 is 0.864 bits per heavy atom. The van der Waals surface area contributed by atoms with E-state index in [1.54, 1.807) is 0 Å². The van der Waals surface area contributed by atoms with Crippen molar-refractivity contribution in [2.24, 2.45) is 0 Å². The molecule has 0 radical (unpaired) electrons. The Morgan fingerprint density at radius 3 is 1.36 bits per heavy atom. The van der Waals surface area contributed by atoms with E-state index in [2.05, 4.69) is 86.8 Å². The number of carbonyl (C=O) groups is 2. The highest BCUT2D eigenvalue weighted by atomic mass is 31.2. The molecular weight excluding hydrogens is 846 g/mol. The van der Waals surface area contributed by atoms with Gasteiger partial charge in [0, 0.05) is 12.8 Å². The van der Waals surface area contributed by atoms with E-state index >= 15 is 0 Å². The predicted molar refractivity (Wildman–Crippen MR) is 279 cm³/mol. The van der Waals surface area contributed by atoms with Crippen LogP contribution < -0.4 is 0 Å². The number of esters is 2. The van der Waals surface area contributed by atoms with Crippen LogP contribution in [-0.2, 0) is 32.7 Å². The lowest BCUT2D eigenvalue weighted by atomic mass is 10.0. The molecular formula is C56H99NO8P+. The largest absolute Gasteiger partial charge is 0.472 e. The van der Waals surface area contributed by atoms with E-state index in [0.29, 0.717) is 23.9 Å². The van der Waals surface area contributed by atoms with Crippen molar-refractivity contribution in [2.45, 2.75) is 213 Å². The molecule has 0 aromatic heterocycles. The minimum absolute atomic E-state index is 0.00991. The summed E-state index contributed by atoms with van der Waals surface area (Å²) in [4.78, 5) is 35.5. The minimum atomic E-state index is -4.41. The molecule has 0 spiro atoms. The van der Waals surface area contributed by atoms with Crippen LogP contribution in [0.2, 0.25) is 0 Å². The summed E-state index contributed by atoms with van der Waals surface area (Å²) in [6.45, 7) is 4.27. The minimum Gasteiger partial charge on any atom is -0.462 e. The number of hydrogen-bond acceptors (Lipinski definition) is 7. The van der Waals surface area contributed by atoms with E-state index < -0.39 is 32.5 Å². The van der Waals surface area contributed by atoms with E-state index in [1.807, 2.05) is 33.3 Å². The van der Waals surface area contributed by atoms with Crippen LogP contribution in [-0.4, -0.2) is 74.9 Å². The fourth-order valence-electron chi connectivity index (χ4n) is 6.78. The maximum atomic E-state index is 12.7. The monoisotopic (exact) mass is 945 g/mol. The summed E-state index contributed by atoms with van der Waals surface area (Å²) in [5.74, 6) is -0.947. The lowest BCUT2D eigenvalue weighted by Crippen LogP contribution is -2.37. The smallest absolute Gasteiger partial charge is 0.462 e. The third-order valence-electron chi connectivity index (χ3n) is 10.9. The van der Waals surface area contributed by atoms with Gasteiger partial charge in [0.1, 0.15) is 19.8 Å². The average molecular weight is 945 g/mol. The van der Waals surface area contributed by atoms with Crippen molar-refractivity contribution in [3.05, 3.63) is 85.1 Å². The zero-order chi connectivity index (χ0) is 48.5. The van der Waals surface area contributed by atoms with Gasteiger partial charge in [0.25, 0.3) is 0 Å². The molecule has 0 aliphatic heterocycles. The standard InChI is InChI=1S/C56H98NO8P/c1-6-8-10-12-14-16-18-20-22-24-26-27-28-29-31-33-35-37-39-41-43-45-47-49-56(59)65-54(53-64-66(60,61)63-51-50-57(3,4)5)52-62-55(58)48-46-44-42-40-38-36-34-32-30-25-23-21-19-17-15-13-11-9-7-2/h15,17,21,23,30,32-33,35-36,38,41-44,54H,6-14,16,18-20,22,24-29,31,34,37,39-40,45-53H2,1-5H3/p+1/b17-15+,23-21+,32-30+,35-33+,38-36+,43-41+,44-42+/t54-/m1/s1. The second kappa shape index (κ2) is 47.3. The van der Waals surface area contributed by atoms with Crippen molar-refractivity contribution in [1.82, 2.24) is 0 Å². The highest BCUT2D eigenvalue weighted by Crippen LogP contribution is 2.43. The van der Waals surface area contributed by atoms with Gasteiger partial charge < -0.3 is 18.9 Å². The van der Waals surface area contributed by atoms with Crippen LogP contribution in [0, 0.1) is 0 Å². The molecule has 10 heteroatoms. The maximum absolute atomic E-state index is 12.7. The first-order valence-electron chi connectivity index (χ1n) is 26.3. The second-order valence-corrected chi connectivity index (χ2v) is 20.0. The van der Waals surface area contributed by atoms with Gasteiger partial charge in [-0.1, -0.05) is 195 Å². The van der Waals surface area contributed by atoms with Crippen molar-refractivity contribution in [1.29, 1.82) is 0 Å². The van der Waals surface area contributed by atoms with Crippen LogP contribution in [0.1, 0.15) is 206 Å². The molecule has 0 heterocycles. The molecule has 1 N–H and O–H groups in total. The van der Waals surface area contributed by atoms with Gasteiger partial charge in [0.05, 0.1) is 27.7 Å². The number of phosphoric ester groups is 1. The molecule has 0 aromatic carbocycles. The highest BCUT2D eigenvalue weighted by Gasteiger charge is 2.27. The van der Waals surface area contributed by atoms with Gasteiger partial charge in [-0.25, -0.2) is 4.57 Å². The normalized spacial score (nSPS) is 14.1. The molecule has 0 bridgehead atoms. The summed E-state index contributed by atoms with van der Waals surface area (Å²) >= 11 is 0. The molecule has 0 saturated heterocycles. The van der Waals surface area contributed by atoms with Crippen LogP contribution in [0.15, 0.2) is 85.1 Å². The van der Waals surface area contributed by atoms with E-state index in [1.165, 1.54) is 116 Å². The Balaban J connectivity index is 4.40. The summed E-state index contributed by atoms with van der Waals surface area (Å²) in [6, 6.07) is 0. The van der Waals surface area contributed by atoms with Gasteiger partial charge in [-0.15, -0.1) is 0 Å². The molecule has 0 aliphatic rings. The molecule has 0 aromatic rings. The molecule has 0 amide bonds. The summed E-state index contributed by atoms with van der Waals surface area (Å²) in [5.41, 5.74) is 0. The third kappa shape index (κ3) is 50.6. The number of ether oxygens (including phenoxy) is 2. The molecule has 2 atom stereocenters. The van der Waals surface area contributed by atoms with Gasteiger partial charge in [0.15, 0.2) is 6.10 Å².